The van der Waals surface area contributed by atoms with E-state index in [4.69, 9.17) is 22.3 Å². The average Bonchev–Trinajstić information content (AvgIpc) is 3.19. The monoisotopic (exact) mass is 455 g/mol. The third kappa shape index (κ3) is 8.69. The van der Waals surface area contributed by atoms with Gasteiger partial charge in [0, 0.05) is 13.1 Å². The van der Waals surface area contributed by atoms with Gasteiger partial charge in [0.05, 0.1) is 6.04 Å². The number of aliphatic imine (C=N–C) groups is 1. The summed E-state index contributed by atoms with van der Waals surface area (Å²) >= 11 is 0. The number of aliphatic carboxylic acids is 1. The van der Waals surface area contributed by atoms with Crippen LogP contribution in [-0.4, -0.2) is 76.9 Å². The molecule has 1 saturated heterocycles. The molecule has 1 rings (SSSR count). The van der Waals surface area contributed by atoms with Crippen molar-refractivity contribution < 1.29 is 24.3 Å². The fraction of sp³-hybridized carbons (Fsp3) is 0.750. The fourth-order valence-corrected chi connectivity index (χ4v) is 3.50. The van der Waals surface area contributed by atoms with Gasteiger partial charge in [-0.2, -0.15) is 0 Å². The smallest absolute Gasteiger partial charge is 0.325 e. The van der Waals surface area contributed by atoms with Crippen LogP contribution >= 0.6 is 0 Å². The van der Waals surface area contributed by atoms with Crippen molar-refractivity contribution in [2.75, 3.05) is 13.1 Å². The molecule has 0 saturated carbocycles. The van der Waals surface area contributed by atoms with Crippen molar-refractivity contribution in [3.8, 4) is 0 Å². The molecule has 1 aliphatic heterocycles. The molecule has 1 aliphatic rings. The highest BCUT2D eigenvalue weighted by atomic mass is 16.4. The van der Waals surface area contributed by atoms with Gasteiger partial charge < -0.3 is 37.8 Å². The molecule has 4 unspecified atom stereocenters. The minimum absolute atomic E-state index is 0.0347. The number of carbonyl (C=O) groups excluding carboxylic acids is 3. The molecule has 32 heavy (non-hydrogen) atoms. The molecule has 12 heteroatoms. The Labute approximate surface area is 188 Å². The summed E-state index contributed by atoms with van der Waals surface area (Å²) in [5, 5.41) is 14.2. The van der Waals surface area contributed by atoms with Crippen molar-refractivity contribution >= 4 is 29.7 Å². The van der Waals surface area contributed by atoms with Gasteiger partial charge in [-0.3, -0.25) is 24.2 Å². The number of nitrogens with one attached hydrogen (secondary N) is 2. The van der Waals surface area contributed by atoms with E-state index in [1.165, 1.54) is 11.8 Å². The maximum Gasteiger partial charge on any atom is 0.325 e. The van der Waals surface area contributed by atoms with E-state index in [0.717, 1.165) is 0 Å². The Kier molecular flexibility index (Phi) is 10.9. The Morgan fingerprint density at radius 2 is 1.81 bits per heavy atom. The van der Waals surface area contributed by atoms with Crippen molar-refractivity contribution in [3.05, 3.63) is 0 Å². The number of nitrogens with two attached hydrogens (primary N) is 3. The number of rotatable bonds is 12. The summed E-state index contributed by atoms with van der Waals surface area (Å²) in [7, 11) is 0. The second kappa shape index (κ2) is 12.8. The third-order valence-corrected chi connectivity index (χ3v) is 5.19. The third-order valence-electron chi connectivity index (χ3n) is 5.19. The van der Waals surface area contributed by atoms with Gasteiger partial charge in [-0.1, -0.05) is 13.8 Å². The van der Waals surface area contributed by atoms with E-state index in [9.17, 15) is 19.2 Å². The van der Waals surface area contributed by atoms with Crippen LogP contribution in [0.25, 0.3) is 0 Å². The van der Waals surface area contributed by atoms with Gasteiger partial charge in [0.2, 0.25) is 17.7 Å². The van der Waals surface area contributed by atoms with Crippen molar-refractivity contribution in [2.45, 2.75) is 77.0 Å². The maximum atomic E-state index is 13.2. The van der Waals surface area contributed by atoms with Gasteiger partial charge in [-0.05, 0) is 44.9 Å². The van der Waals surface area contributed by atoms with Crippen LogP contribution in [0.3, 0.4) is 0 Å². The highest BCUT2D eigenvalue weighted by molar-refractivity contribution is 5.94. The zero-order valence-electron chi connectivity index (χ0n) is 19.0. The number of carboxylic acid groups (broad SMARTS) is 1. The van der Waals surface area contributed by atoms with E-state index in [2.05, 4.69) is 15.6 Å². The molecule has 0 aliphatic carbocycles. The zero-order chi connectivity index (χ0) is 24.4. The second-order valence-corrected chi connectivity index (χ2v) is 8.50. The quantitative estimate of drug-likeness (QED) is 0.115. The van der Waals surface area contributed by atoms with Gasteiger partial charge in [0.15, 0.2) is 5.96 Å². The largest absolute Gasteiger partial charge is 0.480 e. The van der Waals surface area contributed by atoms with Crippen LogP contribution in [0.5, 0.6) is 0 Å². The van der Waals surface area contributed by atoms with Crippen LogP contribution in [0.4, 0.5) is 0 Å². The first-order valence-electron chi connectivity index (χ1n) is 10.9. The Bertz CT molecular complexity index is 708. The van der Waals surface area contributed by atoms with Crippen LogP contribution in [0.1, 0.15) is 52.9 Å². The Morgan fingerprint density at radius 1 is 1.16 bits per heavy atom. The number of carbonyl (C=O) groups is 4. The molecule has 9 N–H and O–H groups in total. The first-order valence-corrected chi connectivity index (χ1v) is 10.9. The molecule has 1 heterocycles. The lowest BCUT2D eigenvalue weighted by Gasteiger charge is -2.30. The minimum Gasteiger partial charge on any atom is -0.480 e. The second-order valence-electron chi connectivity index (χ2n) is 8.50. The van der Waals surface area contributed by atoms with Crippen LogP contribution in [-0.2, 0) is 19.2 Å². The molecule has 182 valence electrons. The molecule has 0 aromatic carbocycles. The number of amides is 3. The van der Waals surface area contributed by atoms with Crippen LogP contribution < -0.4 is 27.8 Å². The van der Waals surface area contributed by atoms with Gasteiger partial charge in [-0.15, -0.1) is 0 Å². The lowest BCUT2D eigenvalue weighted by atomic mass is 10.0. The van der Waals surface area contributed by atoms with Gasteiger partial charge in [0.25, 0.3) is 0 Å². The fourth-order valence-electron chi connectivity index (χ4n) is 3.50. The summed E-state index contributed by atoms with van der Waals surface area (Å²) in [4.78, 5) is 54.7. The van der Waals surface area contributed by atoms with E-state index in [1.54, 1.807) is 0 Å². The summed E-state index contributed by atoms with van der Waals surface area (Å²) in [6, 6.07) is -3.51. The number of hydrogen-bond donors (Lipinski definition) is 6. The van der Waals surface area contributed by atoms with E-state index in [1.807, 2.05) is 13.8 Å². The molecule has 0 aromatic heterocycles. The summed E-state index contributed by atoms with van der Waals surface area (Å²) in [6.07, 6.45) is 2.26. The first-order chi connectivity index (χ1) is 14.9. The highest BCUT2D eigenvalue weighted by Gasteiger charge is 2.38. The Morgan fingerprint density at radius 3 is 2.38 bits per heavy atom. The number of likely N-dealkylation sites (tertiary alicyclic amines) is 1. The highest BCUT2D eigenvalue weighted by Crippen LogP contribution is 2.20. The number of carboxylic acids is 1. The summed E-state index contributed by atoms with van der Waals surface area (Å²) < 4.78 is 0. The summed E-state index contributed by atoms with van der Waals surface area (Å²) in [5.41, 5.74) is 16.5. The first kappa shape index (κ1) is 27.1. The van der Waals surface area contributed by atoms with Gasteiger partial charge in [0.1, 0.15) is 18.1 Å². The molecule has 0 bridgehead atoms. The molecule has 3 amide bonds. The molecule has 1 fully saturated rings. The van der Waals surface area contributed by atoms with Crippen molar-refractivity contribution in [1.82, 2.24) is 15.5 Å². The summed E-state index contributed by atoms with van der Waals surface area (Å²) in [5.74, 6) is -2.45. The molecule has 0 radical (unpaired) electrons. The van der Waals surface area contributed by atoms with E-state index in [0.29, 0.717) is 45.2 Å². The normalized spacial score (nSPS) is 18.5. The minimum atomic E-state index is -1.16. The van der Waals surface area contributed by atoms with Crippen molar-refractivity contribution in [1.29, 1.82) is 0 Å². The Hall–Kier alpha value is -2.89. The van der Waals surface area contributed by atoms with Crippen LogP contribution in [0.2, 0.25) is 0 Å². The lowest BCUT2D eigenvalue weighted by Crippen LogP contribution is -2.56. The molecular weight excluding hydrogens is 418 g/mol. The molecule has 0 aromatic rings. The average molecular weight is 456 g/mol. The number of guanidine groups is 1. The molecule has 0 spiro atoms. The van der Waals surface area contributed by atoms with Gasteiger partial charge in [-0.25, -0.2) is 0 Å². The molecule has 12 nitrogen and oxygen atoms in total. The predicted octanol–water partition coefficient (Wildman–Crippen LogP) is -1.52. The van der Waals surface area contributed by atoms with Crippen LogP contribution in [0.15, 0.2) is 4.99 Å². The zero-order valence-corrected chi connectivity index (χ0v) is 19.0. The van der Waals surface area contributed by atoms with E-state index < -0.39 is 42.0 Å². The lowest BCUT2D eigenvalue weighted by molar-refractivity contribution is -0.144. The molecular formula is C20H37N7O5. The van der Waals surface area contributed by atoms with E-state index >= 15 is 0 Å². The SMILES string of the molecule is CC(C)CC(NC(=O)C(N)CCCN=C(N)N)C(=O)N1CCCC1C(=O)NC(C)C(=O)O. The summed E-state index contributed by atoms with van der Waals surface area (Å²) in [6.45, 7) is 5.90. The molecule has 4 atom stereocenters. The van der Waals surface area contributed by atoms with Crippen molar-refractivity contribution in [2.24, 2.45) is 28.1 Å². The predicted molar refractivity (Wildman–Crippen MR) is 119 cm³/mol. The van der Waals surface area contributed by atoms with Gasteiger partial charge >= 0.3 is 5.97 Å². The topological polar surface area (TPSA) is 206 Å². The standard InChI is InChI=1S/C20H37N7O5/c1-11(2)10-14(26-16(28)13(21)6-4-8-24-20(22)23)18(30)27-9-5-7-15(27)17(29)25-12(3)19(31)32/h11-15H,4-10,21H2,1-3H3,(H,25,29)(H,26,28)(H,31,32)(H4,22,23,24). The Balaban J connectivity index is 2.81. The van der Waals surface area contributed by atoms with Crippen molar-refractivity contribution in [3.63, 3.8) is 0 Å². The van der Waals surface area contributed by atoms with E-state index in [-0.39, 0.29) is 17.8 Å². The van der Waals surface area contributed by atoms with Crippen LogP contribution in [0, 0.1) is 5.92 Å². The number of hydrogen-bond acceptors (Lipinski definition) is 6. The number of nitrogens with zero attached hydrogens (tertiary/aromatic N) is 2. The maximum absolute atomic E-state index is 13.2.